The molecule has 8 nitrogen and oxygen atoms in total. The molecule has 2 aromatic carbocycles. The molecule has 0 aliphatic carbocycles. The molecule has 3 aromatic heterocycles. The largest absolute Gasteiger partial charge is 0.419 e. The third-order valence-electron chi connectivity index (χ3n) is 7.63. The SMILES string of the molecule is CCc1cccc(CC)c1-n1nc2c(c1-c1cc(F)c(CO)c3[nH]cnc13)CN(c1ncc(C(F)(F)F)cn1)CC2. The fourth-order valence-electron chi connectivity index (χ4n) is 5.57. The number of nitrogens with zero attached hydrogens (tertiary/aromatic N) is 6. The maximum Gasteiger partial charge on any atom is 0.419 e. The number of rotatable bonds is 6. The van der Waals surface area contributed by atoms with E-state index < -0.39 is 24.2 Å². The Morgan fingerprint density at radius 2 is 1.76 bits per heavy atom. The Balaban J connectivity index is 1.58. The molecule has 0 atom stereocenters. The van der Waals surface area contributed by atoms with Gasteiger partial charge in [0.2, 0.25) is 5.95 Å². The van der Waals surface area contributed by atoms with Gasteiger partial charge in [0.15, 0.2) is 0 Å². The minimum absolute atomic E-state index is 0.115. The quantitative estimate of drug-likeness (QED) is 0.263. The lowest BCUT2D eigenvalue weighted by molar-refractivity contribution is -0.138. The summed E-state index contributed by atoms with van der Waals surface area (Å²) in [4.78, 5) is 17.2. The van der Waals surface area contributed by atoms with E-state index in [0.29, 0.717) is 35.3 Å². The summed E-state index contributed by atoms with van der Waals surface area (Å²) in [6, 6.07) is 7.47. The molecule has 1 aliphatic rings. The molecular weight excluding hydrogens is 538 g/mol. The number of para-hydroxylation sites is 1. The number of fused-ring (bicyclic) bond motifs is 2. The number of alkyl halides is 3. The lowest BCUT2D eigenvalue weighted by Gasteiger charge is -2.27. The van der Waals surface area contributed by atoms with Gasteiger partial charge in [0, 0.05) is 48.6 Å². The van der Waals surface area contributed by atoms with Crippen LogP contribution in [0, 0.1) is 5.82 Å². The van der Waals surface area contributed by atoms with Crippen LogP contribution < -0.4 is 4.90 Å². The predicted molar refractivity (Wildman–Crippen MR) is 145 cm³/mol. The summed E-state index contributed by atoms with van der Waals surface area (Å²) in [6.07, 6.45) is 0.455. The van der Waals surface area contributed by atoms with Crippen molar-refractivity contribution < 1.29 is 22.7 Å². The Morgan fingerprint density at radius 3 is 2.39 bits per heavy atom. The van der Waals surface area contributed by atoms with Gasteiger partial charge in [-0.05, 0) is 30.0 Å². The van der Waals surface area contributed by atoms with Gasteiger partial charge in [-0.1, -0.05) is 32.0 Å². The molecule has 0 saturated heterocycles. The van der Waals surface area contributed by atoms with Gasteiger partial charge in [-0.15, -0.1) is 0 Å². The average molecular weight is 566 g/mol. The third-order valence-corrected chi connectivity index (χ3v) is 7.63. The molecule has 0 unspecified atom stereocenters. The lowest BCUT2D eigenvalue weighted by atomic mass is 9.97. The second-order valence-corrected chi connectivity index (χ2v) is 9.93. The second-order valence-electron chi connectivity index (χ2n) is 9.93. The van der Waals surface area contributed by atoms with Crippen molar-refractivity contribution in [3.8, 4) is 16.9 Å². The van der Waals surface area contributed by atoms with E-state index >= 15 is 4.39 Å². The maximum absolute atomic E-state index is 15.4. The monoisotopic (exact) mass is 565 g/mol. The molecule has 212 valence electrons. The zero-order valence-electron chi connectivity index (χ0n) is 22.4. The van der Waals surface area contributed by atoms with Crippen molar-refractivity contribution in [1.29, 1.82) is 0 Å². The van der Waals surface area contributed by atoms with Crippen LogP contribution in [0.4, 0.5) is 23.5 Å². The van der Waals surface area contributed by atoms with Gasteiger partial charge < -0.3 is 15.0 Å². The number of aromatic amines is 1. The zero-order chi connectivity index (χ0) is 28.9. The van der Waals surface area contributed by atoms with E-state index in [1.54, 1.807) is 4.90 Å². The van der Waals surface area contributed by atoms with Crippen LogP contribution in [0.15, 0.2) is 43.0 Å². The summed E-state index contributed by atoms with van der Waals surface area (Å²) in [5, 5.41) is 14.9. The first-order chi connectivity index (χ1) is 19.7. The number of aryl methyl sites for hydroxylation is 2. The molecule has 5 aromatic rings. The van der Waals surface area contributed by atoms with Crippen molar-refractivity contribution in [1.82, 2.24) is 29.7 Å². The van der Waals surface area contributed by atoms with Crippen LogP contribution in [0.25, 0.3) is 28.0 Å². The molecule has 1 aliphatic heterocycles. The van der Waals surface area contributed by atoms with Gasteiger partial charge in [-0.2, -0.15) is 18.3 Å². The summed E-state index contributed by atoms with van der Waals surface area (Å²) in [5.74, 6) is -0.420. The number of H-pyrrole nitrogens is 1. The number of aliphatic hydroxyl groups is 1. The summed E-state index contributed by atoms with van der Waals surface area (Å²) in [6.45, 7) is 4.32. The summed E-state index contributed by atoms with van der Waals surface area (Å²) in [5.41, 5.74) is 5.82. The van der Waals surface area contributed by atoms with Gasteiger partial charge in [0.05, 0.1) is 46.6 Å². The molecule has 0 radical (unpaired) electrons. The second kappa shape index (κ2) is 10.3. The molecule has 2 N–H and O–H groups in total. The van der Waals surface area contributed by atoms with E-state index in [1.165, 1.54) is 12.4 Å². The molecule has 6 rings (SSSR count). The van der Waals surface area contributed by atoms with Gasteiger partial charge in [-0.25, -0.2) is 24.0 Å². The average Bonchev–Trinajstić information content (AvgIpc) is 3.61. The summed E-state index contributed by atoms with van der Waals surface area (Å²) >= 11 is 0. The van der Waals surface area contributed by atoms with Crippen LogP contribution in [-0.2, 0) is 38.6 Å². The van der Waals surface area contributed by atoms with Crippen LogP contribution in [0.2, 0.25) is 0 Å². The molecule has 0 spiro atoms. The van der Waals surface area contributed by atoms with E-state index in [9.17, 15) is 18.3 Å². The van der Waals surface area contributed by atoms with Crippen molar-refractivity contribution in [3.63, 3.8) is 0 Å². The first kappa shape index (κ1) is 26.9. The first-order valence-electron chi connectivity index (χ1n) is 13.4. The number of nitrogens with one attached hydrogen (secondary N) is 1. The smallest absolute Gasteiger partial charge is 0.391 e. The number of halogens is 4. The molecule has 41 heavy (non-hydrogen) atoms. The fraction of sp³-hybridized carbons (Fsp3) is 0.310. The maximum atomic E-state index is 15.4. The molecular formula is C29H27F4N7O. The third kappa shape index (κ3) is 4.51. The van der Waals surface area contributed by atoms with Crippen LogP contribution in [0.5, 0.6) is 0 Å². The highest BCUT2D eigenvalue weighted by atomic mass is 19.4. The van der Waals surface area contributed by atoms with Crippen molar-refractivity contribution in [2.75, 3.05) is 11.4 Å². The number of anilines is 1. The highest BCUT2D eigenvalue weighted by molar-refractivity contribution is 5.94. The Morgan fingerprint density at radius 1 is 1.05 bits per heavy atom. The lowest BCUT2D eigenvalue weighted by Crippen LogP contribution is -2.31. The number of hydrogen-bond acceptors (Lipinski definition) is 6. The Labute approximate surface area is 232 Å². The molecule has 12 heteroatoms. The highest BCUT2D eigenvalue weighted by Crippen LogP contribution is 2.39. The summed E-state index contributed by atoms with van der Waals surface area (Å²) in [7, 11) is 0. The summed E-state index contributed by atoms with van der Waals surface area (Å²) < 4.78 is 56.6. The molecule has 0 amide bonds. The topological polar surface area (TPSA) is 95.7 Å². The van der Waals surface area contributed by atoms with E-state index in [0.717, 1.165) is 53.3 Å². The van der Waals surface area contributed by atoms with Gasteiger partial charge in [-0.3, -0.25) is 0 Å². The molecule has 0 fully saturated rings. The van der Waals surface area contributed by atoms with Gasteiger partial charge in [0.1, 0.15) is 5.82 Å². The zero-order valence-corrected chi connectivity index (χ0v) is 22.4. The van der Waals surface area contributed by atoms with E-state index in [2.05, 4.69) is 33.8 Å². The Hall–Kier alpha value is -4.32. The predicted octanol–water partition coefficient (Wildman–Crippen LogP) is 5.54. The number of imidazole rings is 1. The van der Waals surface area contributed by atoms with Crippen LogP contribution in [-0.4, -0.2) is 41.4 Å². The normalized spacial score (nSPS) is 13.7. The highest BCUT2D eigenvalue weighted by Gasteiger charge is 2.33. The number of aliphatic hydroxyl groups excluding tert-OH is 1. The number of aromatic nitrogens is 6. The Bertz CT molecular complexity index is 1720. The van der Waals surface area contributed by atoms with Crippen LogP contribution in [0.3, 0.4) is 0 Å². The van der Waals surface area contributed by atoms with Crippen molar-refractivity contribution in [3.05, 3.63) is 82.3 Å². The molecule has 4 heterocycles. The van der Waals surface area contributed by atoms with E-state index in [-0.39, 0.29) is 18.1 Å². The van der Waals surface area contributed by atoms with Gasteiger partial charge in [0.25, 0.3) is 0 Å². The van der Waals surface area contributed by atoms with Gasteiger partial charge >= 0.3 is 6.18 Å². The van der Waals surface area contributed by atoms with E-state index in [4.69, 9.17) is 5.10 Å². The number of benzene rings is 2. The van der Waals surface area contributed by atoms with Crippen molar-refractivity contribution >= 4 is 17.0 Å². The molecule has 0 bridgehead atoms. The fourth-order valence-corrected chi connectivity index (χ4v) is 5.57. The number of hydrogen-bond donors (Lipinski definition) is 2. The Kier molecular flexibility index (Phi) is 6.72. The first-order valence-corrected chi connectivity index (χ1v) is 13.4. The minimum Gasteiger partial charge on any atom is -0.391 e. The van der Waals surface area contributed by atoms with E-state index in [1.807, 2.05) is 22.9 Å². The molecule has 0 saturated carbocycles. The van der Waals surface area contributed by atoms with Crippen molar-refractivity contribution in [2.24, 2.45) is 0 Å². The van der Waals surface area contributed by atoms with Crippen molar-refractivity contribution in [2.45, 2.75) is 52.4 Å². The minimum atomic E-state index is -4.54. The van der Waals surface area contributed by atoms with Crippen LogP contribution >= 0.6 is 0 Å². The van der Waals surface area contributed by atoms with Crippen LogP contribution in [0.1, 0.15) is 47.4 Å². The standard InChI is InChI=1S/C29H27F4N7O/c1-3-16-6-5-7-17(4-2)26(16)40-27(19-10-22(30)21(14-41)25-24(19)36-15-37-25)20-13-39(9-8-23(20)38-40)28-34-11-18(12-35-28)29(31,32)33/h5-7,10-12,15,41H,3-4,8-9,13-14H2,1-2H3,(H,36,37).